The van der Waals surface area contributed by atoms with Crippen LogP contribution in [-0.4, -0.2) is 72.4 Å². The first-order chi connectivity index (χ1) is 16.8. The maximum atomic E-state index is 13.0. The summed E-state index contributed by atoms with van der Waals surface area (Å²) in [5, 5.41) is 10.8. The van der Waals surface area contributed by atoms with Gasteiger partial charge in [-0.1, -0.05) is 6.08 Å². The number of likely N-dealkylation sites (tertiary alicyclic amines) is 2. The minimum absolute atomic E-state index is 0.127. The standard InChI is InChI=1S/C14H14F3NO.C12H22N2OS/c15-11-8-10(9-12(16)14(11)17)4-5-13(19)18-6-2-1-3-7-18;1-11(10-15)14-6-3-12(4-7-14)9-13-5-2-8-16/h4-5,8-9H,1-3,6-7H2;2,8-9,11-12,15-16H,3-7,10H2,1H3/b5-4+;8-2-,13-9?. The number of piperidine rings is 2. The molecule has 35 heavy (non-hydrogen) atoms. The molecule has 2 saturated heterocycles. The van der Waals surface area contributed by atoms with Crippen molar-refractivity contribution in [3.63, 3.8) is 0 Å². The summed E-state index contributed by atoms with van der Waals surface area (Å²) in [6.07, 6.45) is 11.9. The van der Waals surface area contributed by atoms with E-state index in [-0.39, 0.29) is 18.1 Å². The number of aliphatic hydroxyl groups is 1. The molecule has 5 nitrogen and oxygen atoms in total. The maximum absolute atomic E-state index is 13.0. The number of carbonyl (C=O) groups excluding carboxylic acids is 1. The molecule has 0 aliphatic carbocycles. The molecule has 1 atom stereocenters. The molecule has 0 aromatic heterocycles. The first kappa shape index (κ1) is 29.1. The van der Waals surface area contributed by atoms with Crippen LogP contribution in [0.1, 0.15) is 44.6 Å². The van der Waals surface area contributed by atoms with E-state index in [2.05, 4.69) is 35.7 Å². The second kappa shape index (κ2) is 15.8. The van der Waals surface area contributed by atoms with Gasteiger partial charge >= 0.3 is 0 Å². The number of aliphatic hydroxyl groups excluding tert-OH is 1. The van der Waals surface area contributed by atoms with Crippen molar-refractivity contribution >= 4 is 30.8 Å². The predicted octanol–water partition coefficient (Wildman–Crippen LogP) is 4.72. The highest BCUT2D eigenvalue weighted by molar-refractivity contribution is 7.83. The van der Waals surface area contributed by atoms with Gasteiger partial charge in [-0.05, 0) is 87.2 Å². The van der Waals surface area contributed by atoms with Crippen molar-refractivity contribution in [2.75, 3.05) is 39.3 Å². The quantitative estimate of drug-likeness (QED) is 0.241. The van der Waals surface area contributed by atoms with Crippen molar-refractivity contribution in [3.8, 4) is 0 Å². The molecule has 2 aliphatic heterocycles. The SMILES string of the molecule is CC(CO)N1CCC(C=NC/C=C\S)CC1.O=C(/C=C/c1cc(F)c(F)c(F)c1)N1CCCCC1. The van der Waals surface area contributed by atoms with Gasteiger partial charge < -0.3 is 10.0 Å². The van der Waals surface area contributed by atoms with Gasteiger partial charge in [-0.25, -0.2) is 13.2 Å². The van der Waals surface area contributed by atoms with Crippen molar-refractivity contribution < 1.29 is 23.1 Å². The van der Waals surface area contributed by atoms with Gasteiger partial charge in [-0.3, -0.25) is 14.7 Å². The van der Waals surface area contributed by atoms with E-state index < -0.39 is 17.5 Å². The number of carbonyl (C=O) groups is 1. The summed E-state index contributed by atoms with van der Waals surface area (Å²) >= 11 is 3.98. The molecule has 1 N–H and O–H groups in total. The number of benzene rings is 1. The van der Waals surface area contributed by atoms with Gasteiger partial charge in [-0.15, -0.1) is 0 Å². The van der Waals surface area contributed by atoms with E-state index in [1.54, 1.807) is 10.3 Å². The summed E-state index contributed by atoms with van der Waals surface area (Å²) in [6, 6.07) is 2.02. The number of hydrogen-bond donors (Lipinski definition) is 2. The van der Waals surface area contributed by atoms with Crippen molar-refractivity contribution in [1.82, 2.24) is 9.80 Å². The summed E-state index contributed by atoms with van der Waals surface area (Å²) in [6.45, 7) is 6.61. The largest absolute Gasteiger partial charge is 0.395 e. The van der Waals surface area contributed by atoms with Gasteiger partial charge in [0.1, 0.15) is 0 Å². The molecule has 2 fully saturated rings. The monoisotopic (exact) mass is 511 g/mol. The smallest absolute Gasteiger partial charge is 0.246 e. The highest BCUT2D eigenvalue weighted by Gasteiger charge is 2.21. The fourth-order valence-electron chi connectivity index (χ4n) is 4.00. The van der Waals surface area contributed by atoms with E-state index in [0.29, 0.717) is 25.0 Å². The van der Waals surface area contributed by atoms with Crippen LogP contribution < -0.4 is 0 Å². The molecule has 0 spiro atoms. The third kappa shape index (κ3) is 10.2. The molecular weight excluding hydrogens is 475 g/mol. The average Bonchev–Trinajstić information content (AvgIpc) is 2.89. The Bertz CT molecular complexity index is 858. The number of aliphatic imine (C=N–C) groups is 1. The number of nitrogens with zero attached hydrogens (tertiary/aromatic N) is 3. The fourth-order valence-corrected chi connectivity index (χ4v) is 4.10. The summed E-state index contributed by atoms with van der Waals surface area (Å²) in [5.74, 6) is -3.60. The van der Waals surface area contributed by atoms with E-state index in [0.717, 1.165) is 63.9 Å². The lowest BCUT2D eigenvalue weighted by atomic mass is 9.97. The van der Waals surface area contributed by atoms with Crippen LogP contribution in [0.25, 0.3) is 6.08 Å². The molecule has 0 saturated carbocycles. The Morgan fingerprint density at radius 2 is 1.77 bits per heavy atom. The molecule has 3 rings (SSSR count). The molecule has 2 aliphatic rings. The molecular formula is C26H36F3N3O2S. The van der Waals surface area contributed by atoms with Crippen LogP contribution in [0.4, 0.5) is 13.2 Å². The topological polar surface area (TPSA) is 56.1 Å². The summed E-state index contributed by atoms with van der Waals surface area (Å²) in [7, 11) is 0. The molecule has 9 heteroatoms. The Labute approximate surface area is 211 Å². The summed E-state index contributed by atoms with van der Waals surface area (Å²) in [4.78, 5) is 20.2. The molecule has 0 radical (unpaired) electrons. The third-order valence-electron chi connectivity index (χ3n) is 6.19. The van der Waals surface area contributed by atoms with Crippen molar-refractivity contribution in [2.45, 2.75) is 45.1 Å². The average molecular weight is 512 g/mol. The molecule has 194 valence electrons. The first-order valence-electron chi connectivity index (χ1n) is 12.1. The zero-order valence-electron chi connectivity index (χ0n) is 20.3. The van der Waals surface area contributed by atoms with E-state index in [1.165, 1.54) is 12.2 Å². The molecule has 0 bridgehead atoms. The summed E-state index contributed by atoms with van der Waals surface area (Å²) in [5.41, 5.74) is 0.127. The normalized spacial score (nSPS) is 18.9. The molecule has 2 heterocycles. The van der Waals surface area contributed by atoms with E-state index in [4.69, 9.17) is 5.11 Å². The number of amides is 1. The fraction of sp³-hybridized carbons (Fsp3) is 0.538. The third-order valence-corrected chi connectivity index (χ3v) is 6.40. The van der Waals surface area contributed by atoms with Gasteiger partial charge in [0.15, 0.2) is 17.5 Å². The lowest BCUT2D eigenvalue weighted by Gasteiger charge is -2.34. The molecule has 1 unspecified atom stereocenters. The van der Waals surface area contributed by atoms with Crippen molar-refractivity contribution in [3.05, 3.63) is 52.7 Å². The Morgan fingerprint density at radius 3 is 2.34 bits per heavy atom. The van der Waals surface area contributed by atoms with Crippen molar-refractivity contribution in [1.29, 1.82) is 0 Å². The van der Waals surface area contributed by atoms with E-state index in [9.17, 15) is 18.0 Å². The Morgan fingerprint density at radius 1 is 1.14 bits per heavy atom. The zero-order chi connectivity index (χ0) is 25.6. The van der Waals surface area contributed by atoms with Crippen molar-refractivity contribution in [2.24, 2.45) is 10.9 Å². The highest BCUT2D eigenvalue weighted by Crippen LogP contribution is 2.17. The van der Waals surface area contributed by atoms with Crippen LogP contribution in [0.5, 0.6) is 0 Å². The molecule has 1 aromatic rings. The first-order valence-corrected chi connectivity index (χ1v) is 12.6. The van der Waals surface area contributed by atoms with Crippen LogP contribution in [0, 0.1) is 23.4 Å². The van der Waals surface area contributed by atoms with Crippen LogP contribution in [-0.2, 0) is 4.79 Å². The lowest BCUT2D eigenvalue weighted by molar-refractivity contribution is -0.126. The minimum Gasteiger partial charge on any atom is -0.395 e. The Balaban J connectivity index is 0.000000251. The highest BCUT2D eigenvalue weighted by atomic mass is 32.1. The van der Waals surface area contributed by atoms with E-state index >= 15 is 0 Å². The number of halogens is 3. The van der Waals surface area contributed by atoms with Crippen LogP contribution in [0.3, 0.4) is 0 Å². The van der Waals surface area contributed by atoms with Gasteiger partial charge in [0.2, 0.25) is 5.91 Å². The van der Waals surface area contributed by atoms with Gasteiger partial charge in [0.05, 0.1) is 13.2 Å². The number of thiol groups is 1. The maximum Gasteiger partial charge on any atom is 0.246 e. The summed E-state index contributed by atoms with van der Waals surface area (Å²) < 4.78 is 38.7. The van der Waals surface area contributed by atoms with Gasteiger partial charge in [-0.2, -0.15) is 12.6 Å². The second-order valence-electron chi connectivity index (χ2n) is 8.82. The van der Waals surface area contributed by atoms with Gasteiger partial charge in [0.25, 0.3) is 0 Å². The molecule has 1 aromatic carbocycles. The predicted molar refractivity (Wildman–Crippen MR) is 138 cm³/mol. The second-order valence-corrected chi connectivity index (χ2v) is 9.12. The Hall–Kier alpha value is -2.10. The number of hydrogen-bond acceptors (Lipinski definition) is 5. The minimum atomic E-state index is -1.50. The lowest BCUT2D eigenvalue weighted by Crippen LogP contribution is -2.41. The zero-order valence-corrected chi connectivity index (χ0v) is 21.1. The number of rotatable bonds is 7. The van der Waals surface area contributed by atoms with Crippen LogP contribution >= 0.6 is 12.6 Å². The van der Waals surface area contributed by atoms with Crippen LogP contribution in [0.2, 0.25) is 0 Å². The van der Waals surface area contributed by atoms with Crippen LogP contribution in [0.15, 0.2) is 34.7 Å². The Kier molecular flexibility index (Phi) is 13.2. The van der Waals surface area contributed by atoms with Gasteiger partial charge in [0, 0.05) is 31.4 Å². The van der Waals surface area contributed by atoms with E-state index in [1.807, 2.05) is 6.08 Å². The molecule has 1 amide bonds.